The van der Waals surface area contributed by atoms with Gasteiger partial charge in [0, 0.05) is 12.0 Å². The first-order valence-corrected chi connectivity index (χ1v) is 16.5. The molecule has 4 heteroatoms. The van der Waals surface area contributed by atoms with Crippen LogP contribution >= 0.6 is 24.2 Å². The van der Waals surface area contributed by atoms with Crippen LogP contribution in [0.3, 0.4) is 0 Å². The fraction of sp³-hybridized carbons (Fsp3) is 0.0750. The summed E-state index contributed by atoms with van der Waals surface area (Å²) in [5.41, 5.74) is 0.148. The van der Waals surface area contributed by atoms with Gasteiger partial charge < -0.3 is 5.11 Å². The number of Topliss-reactive ketones (excluding diaryl/α,β-unsaturated/α-hetero) is 1. The Morgan fingerprint density at radius 3 is 1.27 bits per heavy atom. The second-order valence-corrected chi connectivity index (χ2v) is 14.4. The summed E-state index contributed by atoms with van der Waals surface area (Å²) < 4.78 is 0. The summed E-state index contributed by atoms with van der Waals surface area (Å²) in [6, 6.07) is 61.0. The molecule has 6 rings (SSSR count). The lowest BCUT2D eigenvalue weighted by molar-refractivity contribution is 0.0246. The summed E-state index contributed by atoms with van der Waals surface area (Å²) in [5.74, 6) is -0.299. The van der Waals surface area contributed by atoms with Gasteiger partial charge in [-0.25, -0.2) is 0 Å². The molecule has 0 amide bonds. The largest absolute Gasteiger partial charge is 0.377 e. The van der Waals surface area contributed by atoms with Gasteiger partial charge in [0.15, 0.2) is 11.4 Å². The van der Waals surface area contributed by atoms with Crippen LogP contribution in [-0.4, -0.2) is 10.9 Å². The lowest BCUT2D eigenvalue weighted by Gasteiger charge is -2.39. The number of carbonyl (C=O) groups excluding carboxylic acids is 1. The van der Waals surface area contributed by atoms with E-state index >= 15 is 0 Å². The van der Waals surface area contributed by atoms with Crippen molar-refractivity contribution in [2.75, 3.05) is 0 Å². The van der Waals surface area contributed by atoms with Gasteiger partial charge in [-0.3, -0.25) is 4.79 Å². The molecule has 0 aliphatic rings. The van der Waals surface area contributed by atoms with Crippen LogP contribution in [0.25, 0.3) is 0 Å². The quantitative estimate of drug-likeness (QED) is 0.119. The third-order valence-corrected chi connectivity index (χ3v) is 13.0. The minimum atomic E-state index is -2.55. The number of benzene rings is 6. The van der Waals surface area contributed by atoms with Gasteiger partial charge in [-0.05, 0) is 47.5 Å². The van der Waals surface area contributed by atoms with Crippen LogP contribution < -0.4 is 15.9 Å². The molecule has 0 saturated heterocycles. The second-order valence-electron chi connectivity index (χ2n) is 10.8. The summed E-state index contributed by atoms with van der Waals surface area (Å²) in [5, 5.41) is 16.5. The predicted molar refractivity (Wildman–Crippen MR) is 190 cm³/mol. The van der Waals surface area contributed by atoms with Crippen molar-refractivity contribution in [2.24, 2.45) is 0 Å². The summed E-state index contributed by atoms with van der Waals surface area (Å²) in [6.07, 6.45) is 0.196. The van der Waals surface area contributed by atoms with Gasteiger partial charge in [0.1, 0.15) is 28.8 Å². The molecule has 2 nitrogen and oxygen atoms in total. The van der Waals surface area contributed by atoms with Gasteiger partial charge in [-0.2, -0.15) is 0 Å². The Morgan fingerprint density at radius 2 is 0.864 bits per heavy atom. The van der Waals surface area contributed by atoms with Crippen molar-refractivity contribution in [3.63, 3.8) is 0 Å². The number of halogens is 1. The standard InChI is InChI=1S/C40H34O2P.BrH/c41-39(33-21-9-2-10-22-33)40(42,34-23-11-3-12-24-34)31-38(32-19-7-1-8-20-32)43(35-25-13-4-14-26-35,36-27-15-5-16-28-36)37-29-17-6-18-30-37;/h1-30,38,42H,31H2;1H/q+1;. The van der Waals surface area contributed by atoms with Crippen LogP contribution in [0.1, 0.15) is 33.6 Å². The minimum absolute atomic E-state index is 0. The zero-order chi connectivity index (χ0) is 29.5. The SMILES string of the molecule is Br.O=C(c1ccccc1)C(O)(CC(c1ccccc1)[P+](c1ccccc1)(c1ccccc1)c1ccccc1)c1ccccc1. The van der Waals surface area contributed by atoms with E-state index < -0.39 is 12.9 Å². The van der Waals surface area contributed by atoms with Crippen molar-refractivity contribution in [1.29, 1.82) is 0 Å². The molecule has 2 atom stereocenters. The zero-order valence-corrected chi connectivity index (χ0v) is 26.9. The van der Waals surface area contributed by atoms with Crippen LogP contribution in [0.15, 0.2) is 182 Å². The van der Waals surface area contributed by atoms with Crippen molar-refractivity contribution < 1.29 is 9.90 Å². The molecule has 0 aliphatic heterocycles. The average molecular weight is 659 g/mol. The van der Waals surface area contributed by atoms with Crippen molar-refractivity contribution >= 4 is 45.9 Å². The van der Waals surface area contributed by atoms with Gasteiger partial charge in [0.25, 0.3) is 0 Å². The molecule has 0 fully saturated rings. The molecule has 44 heavy (non-hydrogen) atoms. The van der Waals surface area contributed by atoms with Crippen molar-refractivity contribution in [3.8, 4) is 0 Å². The van der Waals surface area contributed by atoms with Crippen LogP contribution in [0.5, 0.6) is 0 Å². The molecule has 0 spiro atoms. The second kappa shape index (κ2) is 14.1. The third-order valence-electron chi connectivity index (χ3n) is 8.29. The van der Waals surface area contributed by atoms with E-state index in [-0.39, 0.29) is 34.8 Å². The molecule has 2 unspecified atom stereocenters. The molecule has 0 bridgehead atoms. The number of ketones is 1. The topological polar surface area (TPSA) is 37.3 Å². The smallest absolute Gasteiger partial charge is 0.199 e. The summed E-state index contributed by atoms with van der Waals surface area (Å²) in [7, 11) is -2.55. The van der Waals surface area contributed by atoms with E-state index in [2.05, 4.69) is 97.1 Å². The van der Waals surface area contributed by atoms with Gasteiger partial charge in [-0.1, -0.05) is 146 Å². The molecule has 1 N–H and O–H groups in total. The number of hydrogen-bond donors (Lipinski definition) is 1. The number of carbonyl (C=O) groups is 1. The highest BCUT2D eigenvalue weighted by molar-refractivity contribution is 8.93. The van der Waals surface area contributed by atoms with E-state index in [4.69, 9.17) is 0 Å². The molecular formula is C40H35BrO2P+. The summed E-state index contributed by atoms with van der Waals surface area (Å²) in [4.78, 5) is 14.5. The van der Waals surface area contributed by atoms with Crippen LogP contribution in [0.2, 0.25) is 0 Å². The maximum atomic E-state index is 14.5. The molecule has 0 saturated carbocycles. The third kappa shape index (κ3) is 5.97. The molecule has 0 radical (unpaired) electrons. The van der Waals surface area contributed by atoms with Crippen molar-refractivity contribution in [1.82, 2.24) is 0 Å². The van der Waals surface area contributed by atoms with Crippen molar-refractivity contribution in [3.05, 3.63) is 199 Å². The fourth-order valence-electron chi connectivity index (χ4n) is 6.29. The fourth-order valence-corrected chi connectivity index (χ4v) is 11.4. The van der Waals surface area contributed by atoms with Crippen molar-refractivity contribution in [2.45, 2.75) is 17.7 Å². The van der Waals surface area contributed by atoms with E-state index in [0.717, 1.165) is 5.56 Å². The molecule has 218 valence electrons. The highest BCUT2D eigenvalue weighted by atomic mass is 79.9. The summed E-state index contributed by atoms with van der Waals surface area (Å²) >= 11 is 0. The average Bonchev–Trinajstić information content (AvgIpc) is 3.10. The van der Waals surface area contributed by atoms with E-state index in [9.17, 15) is 9.90 Å². The Morgan fingerprint density at radius 1 is 0.523 bits per heavy atom. The van der Waals surface area contributed by atoms with E-state index in [1.807, 2.05) is 72.8 Å². The summed E-state index contributed by atoms with van der Waals surface area (Å²) in [6.45, 7) is 0. The Balaban J connectivity index is 0.00000384. The first-order chi connectivity index (χ1) is 21.1. The maximum Gasteiger partial charge on any atom is 0.199 e. The van der Waals surface area contributed by atoms with Crippen LogP contribution in [-0.2, 0) is 5.60 Å². The molecule has 0 aromatic heterocycles. The minimum Gasteiger partial charge on any atom is -0.377 e. The molecule has 6 aromatic carbocycles. The highest BCUT2D eigenvalue weighted by Gasteiger charge is 2.56. The molecule has 6 aromatic rings. The Labute approximate surface area is 271 Å². The number of aliphatic hydroxyl groups is 1. The lowest BCUT2D eigenvalue weighted by Crippen LogP contribution is -2.42. The predicted octanol–water partition coefficient (Wildman–Crippen LogP) is 8.46. The van der Waals surface area contributed by atoms with Gasteiger partial charge in [0.05, 0.1) is 0 Å². The Kier molecular flexibility index (Phi) is 10.0. The first-order valence-electron chi connectivity index (χ1n) is 14.6. The first kappa shape index (κ1) is 31.3. The zero-order valence-electron chi connectivity index (χ0n) is 24.3. The van der Waals surface area contributed by atoms with Crippen LogP contribution in [0.4, 0.5) is 0 Å². The van der Waals surface area contributed by atoms with E-state index in [1.165, 1.54) is 15.9 Å². The number of hydrogen-bond acceptors (Lipinski definition) is 2. The van der Waals surface area contributed by atoms with E-state index in [0.29, 0.717) is 11.1 Å². The molecule has 0 heterocycles. The van der Waals surface area contributed by atoms with Crippen LogP contribution in [0, 0.1) is 0 Å². The maximum absolute atomic E-state index is 14.5. The monoisotopic (exact) mass is 657 g/mol. The normalized spacial score (nSPS) is 13.2. The Bertz CT molecular complexity index is 1650. The number of rotatable bonds is 10. The molecular weight excluding hydrogens is 623 g/mol. The van der Waals surface area contributed by atoms with E-state index in [1.54, 1.807) is 12.1 Å². The van der Waals surface area contributed by atoms with Gasteiger partial charge in [0.2, 0.25) is 0 Å². The lowest BCUT2D eigenvalue weighted by atomic mass is 9.81. The highest BCUT2D eigenvalue weighted by Crippen LogP contribution is 2.69. The van der Waals surface area contributed by atoms with Gasteiger partial charge in [-0.15, -0.1) is 17.0 Å². The Hall–Kier alpha value is -4.14. The molecule has 0 aliphatic carbocycles. The van der Waals surface area contributed by atoms with Gasteiger partial charge >= 0.3 is 0 Å².